The van der Waals surface area contributed by atoms with Crippen molar-refractivity contribution < 1.29 is 18.4 Å². The smallest absolute Gasteiger partial charge is 0.228 e. The second kappa shape index (κ2) is 7.98. The zero-order valence-corrected chi connectivity index (χ0v) is 15.7. The lowest BCUT2D eigenvalue weighted by Gasteiger charge is -2.35. The Kier molecular flexibility index (Phi) is 5.25. The SMILES string of the molecule is COc1ccc(F)cc1CN1CCN(C(=O)Cc2noc3ccccc23)CC1. The van der Waals surface area contributed by atoms with Gasteiger partial charge in [0.15, 0.2) is 5.58 Å². The average molecular weight is 383 g/mol. The lowest BCUT2D eigenvalue weighted by molar-refractivity contribution is -0.132. The van der Waals surface area contributed by atoms with E-state index in [0.717, 1.165) is 24.0 Å². The first kappa shape index (κ1) is 18.4. The minimum absolute atomic E-state index is 0.0436. The summed E-state index contributed by atoms with van der Waals surface area (Å²) in [5.41, 5.74) is 2.18. The molecule has 28 heavy (non-hydrogen) atoms. The third kappa shape index (κ3) is 3.84. The second-order valence-electron chi connectivity index (χ2n) is 6.92. The summed E-state index contributed by atoms with van der Waals surface area (Å²) in [5, 5.41) is 4.93. The number of fused-ring (bicyclic) bond motifs is 1. The zero-order valence-electron chi connectivity index (χ0n) is 15.7. The number of amides is 1. The molecule has 2 heterocycles. The van der Waals surface area contributed by atoms with E-state index in [9.17, 15) is 9.18 Å². The number of piperazine rings is 1. The monoisotopic (exact) mass is 383 g/mol. The molecule has 1 aromatic heterocycles. The maximum Gasteiger partial charge on any atom is 0.228 e. The Morgan fingerprint density at radius 2 is 1.96 bits per heavy atom. The van der Waals surface area contributed by atoms with Crippen molar-refractivity contribution in [3.05, 3.63) is 59.5 Å². The normalized spacial score (nSPS) is 15.1. The third-order valence-electron chi connectivity index (χ3n) is 5.13. The van der Waals surface area contributed by atoms with Crippen molar-refractivity contribution in [1.82, 2.24) is 15.0 Å². The largest absolute Gasteiger partial charge is 0.496 e. The van der Waals surface area contributed by atoms with E-state index in [0.29, 0.717) is 36.7 Å². The number of ether oxygens (including phenoxy) is 1. The number of benzene rings is 2. The highest BCUT2D eigenvalue weighted by Crippen LogP contribution is 2.22. The molecule has 0 bridgehead atoms. The van der Waals surface area contributed by atoms with Gasteiger partial charge in [0.1, 0.15) is 17.3 Å². The van der Waals surface area contributed by atoms with Crippen molar-refractivity contribution in [2.45, 2.75) is 13.0 Å². The topological polar surface area (TPSA) is 58.8 Å². The van der Waals surface area contributed by atoms with Gasteiger partial charge in [-0.3, -0.25) is 9.69 Å². The van der Waals surface area contributed by atoms with Crippen LogP contribution >= 0.6 is 0 Å². The van der Waals surface area contributed by atoms with E-state index in [1.807, 2.05) is 29.2 Å². The first-order chi connectivity index (χ1) is 13.6. The van der Waals surface area contributed by atoms with Crippen LogP contribution in [0.25, 0.3) is 11.0 Å². The van der Waals surface area contributed by atoms with Gasteiger partial charge >= 0.3 is 0 Å². The number of hydrogen-bond acceptors (Lipinski definition) is 5. The highest BCUT2D eigenvalue weighted by atomic mass is 19.1. The van der Waals surface area contributed by atoms with Crippen LogP contribution in [-0.2, 0) is 17.8 Å². The third-order valence-corrected chi connectivity index (χ3v) is 5.13. The van der Waals surface area contributed by atoms with Crippen LogP contribution in [0.15, 0.2) is 47.0 Å². The van der Waals surface area contributed by atoms with Gasteiger partial charge in [0.05, 0.1) is 13.5 Å². The van der Waals surface area contributed by atoms with Gasteiger partial charge in [0.2, 0.25) is 5.91 Å². The number of carbonyl (C=O) groups is 1. The molecule has 1 saturated heterocycles. The molecular formula is C21H22FN3O3. The summed E-state index contributed by atoms with van der Waals surface area (Å²) in [6.45, 7) is 3.31. The summed E-state index contributed by atoms with van der Waals surface area (Å²) >= 11 is 0. The Labute approximate surface area is 162 Å². The highest BCUT2D eigenvalue weighted by Gasteiger charge is 2.23. The van der Waals surface area contributed by atoms with Gasteiger partial charge < -0.3 is 14.2 Å². The van der Waals surface area contributed by atoms with Gasteiger partial charge in [-0.2, -0.15) is 0 Å². The lowest BCUT2D eigenvalue weighted by atomic mass is 10.1. The quantitative estimate of drug-likeness (QED) is 0.678. The zero-order chi connectivity index (χ0) is 19.5. The molecule has 0 radical (unpaired) electrons. The van der Waals surface area contributed by atoms with Gasteiger partial charge in [-0.1, -0.05) is 17.3 Å². The Bertz CT molecular complexity index is 980. The van der Waals surface area contributed by atoms with Crippen molar-refractivity contribution >= 4 is 16.9 Å². The number of hydrogen-bond donors (Lipinski definition) is 0. The number of aromatic nitrogens is 1. The fourth-order valence-electron chi connectivity index (χ4n) is 3.59. The minimum atomic E-state index is -0.274. The molecule has 146 valence electrons. The fourth-order valence-corrected chi connectivity index (χ4v) is 3.59. The molecule has 0 atom stereocenters. The van der Waals surface area contributed by atoms with Crippen LogP contribution in [0, 0.1) is 5.82 Å². The van der Waals surface area contributed by atoms with Crippen molar-refractivity contribution in [2.24, 2.45) is 0 Å². The maximum absolute atomic E-state index is 13.6. The summed E-state index contributed by atoms with van der Waals surface area (Å²) in [5.74, 6) is 0.448. The van der Waals surface area contributed by atoms with Crippen molar-refractivity contribution in [2.75, 3.05) is 33.3 Å². The minimum Gasteiger partial charge on any atom is -0.496 e. The van der Waals surface area contributed by atoms with Crippen LogP contribution in [0.2, 0.25) is 0 Å². The molecule has 2 aromatic carbocycles. The van der Waals surface area contributed by atoms with Crippen LogP contribution in [0.1, 0.15) is 11.3 Å². The Morgan fingerprint density at radius 3 is 2.75 bits per heavy atom. The summed E-state index contributed by atoms with van der Waals surface area (Å²) in [4.78, 5) is 16.7. The lowest BCUT2D eigenvalue weighted by Crippen LogP contribution is -2.48. The summed E-state index contributed by atoms with van der Waals surface area (Å²) in [6.07, 6.45) is 0.231. The molecule has 0 aliphatic carbocycles. The van der Waals surface area contributed by atoms with Crippen molar-refractivity contribution in [3.8, 4) is 5.75 Å². The number of nitrogens with zero attached hydrogens (tertiary/aromatic N) is 3. The molecule has 4 rings (SSSR count). The number of rotatable bonds is 5. The molecule has 1 fully saturated rings. The number of methoxy groups -OCH3 is 1. The van der Waals surface area contributed by atoms with E-state index in [1.54, 1.807) is 13.2 Å². The number of carbonyl (C=O) groups excluding carboxylic acids is 1. The maximum atomic E-state index is 13.6. The molecule has 7 heteroatoms. The second-order valence-corrected chi connectivity index (χ2v) is 6.92. The standard InChI is InChI=1S/C21H22FN3O3/c1-27-19-7-6-16(22)12-15(19)14-24-8-10-25(11-9-24)21(26)13-18-17-4-2-3-5-20(17)28-23-18/h2-7,12H,8-11,13-14H2,1H3. The predicted octanol–water partition coefficient (Wildman–Crippen LogP) is 2.86. The first-order valence-corrected chi connectivity index (χ1v) is 9.30. The van der Waals surface area contributed by atoms with Gasteiger partial charge in [0, 0.05) is 43.7 Å². The van der Waals surface area contributed by atoms with Crippen LogP contribution in [0.3, 0.4) is 0 Å². The summed E-state index contributed by atoms with van der Waals surface area (Å²) < 4.78 is 24.2. The van der Waals surface area contributed by atoms with E-state index in [4.69, 9.17) is 9.26 Å². The van der Waals surface area contributed by atoms with Gasteiger partial charge in [-0.25, -0.2) is 4.39 Å². The number of halogens is 1. The van der Waals surface area contributed by atoms with Crippen LogP contribution in [-0.4, -0.2) is 54.2 Å². The summed E-state index contributed by atoms with van der Waals surface area (Å²) in [6, 6.07) is 12.1. The van der Waals surface area contributed by atoms with Crippen molar-refractivity contribution in [1.29, 1.82) is 0 Å². The molecule has 6 nitrogen and oxygen atoms in total. The molecular weight excluding hydrogens is 361 g/mol. The van der Waals surface area contributed by atoms with E-state index >= 15 is 0 Å². The van der Waals surface area contributed by atoms with E-state index in [-0.39, 0.29) is 18.1 Å². The first-order valence-electron chi connectivity index (χ1n) is 9.30. The van der Waals surface area contributed by atoms with Crippen LogP contribution in [0.5, 0.6) is 5.75 Å². The number of para-hydroxylation sites is 1. The molecule has 0 N–H and O–H groups in total. The van der Waals surface area contributed by atoms with E-state index in [2.05, 4.69) is 10.1 Å². The highest BCUT2D eigenvalue weighted by molar-refractivity contribution is 5.86. The Morgan fingerprint density at radius 1 is 1.18 bits per heavy atom. The molecule has 0 spiro atoms. The molecule has 3 aromatic rings. The summed E-state index contributed by atoms with van der Waals surface area (Å²) in [7, 11) is 1.58. The van der Waals surface area contributed by atoms with E-state index < -0.39 is 0 Å². The molecule has 0 saturated carbocycles. The molecule has 1 aliphatic heterocycles. The van der Waals surface area contributed by atoms with Gasteiger partial charge in [-0.05, 0) is 30.3 Å². The average Bonchev–Trinajstić information content (AvgIpc) is 3.12. The van der Waals surface area contributed by atoms with Gasteiger partial charge in [-0.15, -0.1) is 0 Å². The van der Waals surface area contributed by atoms with Crippen LogP contribution < -0.4 is 4.74 Å². The molecule has 0 unspecified atom stereocenters. The van der Waals surface area contributed by atoms with Gasteiger partial charge in [0.25, 0.3) is 0 Å². The molecule has 1 aliphatic rings. The van der Waals surface area contributed by atoms with Crippen molar-refractivity contribution in [3.63, 3.8) is 0 Å². The Hall–Kier alpha value is -2.93. The van der Waals surface area contributed by atoms with Crippen LogP contribution in [0.4, 0.5) is 4.39 Å². The van der Waals surface area contributed by atoms with E-state index in [1.165, 1.54) is 12.1 Å². The fraction of sp³-hybridized carbons (Fsp3) is 0.333. The molecule has 1 amide bonds. The predicted molar refractivity (Wildman–Crippen MR) is 103 cm³/mol. The Balaban J connectivity index is 1.35.